The molecule has 3 heterocycles. The number of hydrogen-bond donors (Lipinski definition) is 0. The number of unbranched alkanes of at least 4 members (excludes halogenated alkanes) is 5. The fraction of sp³-hybridized carbons (Fsp3) is 0.448. The molecule has 0 spiro atoms. The van der Waals surface area contributed by atoms with E-state index in [-0.39, 0.29) is 12.1 Å². The molecular formula is C29H35N3O4. The number of ether oxygens (including phenoxy) is 3. The number of rotatable bonds is 14. The molecule has 190 valence electrons. The standard InChI is InChI=1S/C29H35N3O4/c1-3-5-6-7-8-9-19-34-28-23(25-20-30-17-18-31-25)15-16-24(32-28)21-11-13-22(14-12-21)35-29(33)27-26(36-27)10-4-2/h11-18,20,26-27H,3-10,19H2,1-2H3/t26-,27-/m1/s1. The number of esters is 1. The Morgan fingerprint density at radius 2 is 1.72 bits per heavy atom. The summed E-state index contributed by atoms with van der Waals surface area (Å²) in [6.07, 6.45) is 13.6. The first-order valence-corrected chi connectivity index (χ1v) is 13.1. The SMILES string of the molecule is CCCCCCCCOc1nc(-c2ccc(OC(=O)[C@@H]3O[C@@H]3CCC)cc2)ccc1-c1cnccn1. The zero-order valence-electron chi connectivity index (χ0n) is 21.2. The van der Waals surface area contributed by atoms with Crippen LogP contribution in [0.4, 0.5) is 0 Å². The Kier molecular flexibility index (Phi) is 9.39. The first kappa shape index (κ1) is 25.8. The van der Waals surface area contributed by atoms with Gasteiger partial charge in [-0.1, -0.05) is 52.4 Å². The van der Waals surface area contributed by atoms with E-state index in [4.69, 9.17) is 19.2 Å². The molecule has 0 radical (unpaired) electrons. The van der Waals surface area contributed by atoms with E-state index < -0.39 is 6.10 Å². The molecule has 0 unspecified atom stereocenters. The highest BCUT2D eigenvalue weighted by atomic mass is 16.6. The summed E-state index contributed by atoms with van der Waals surface area (Å²) < 4.78 is 17.0. The lowest BCUT2D eigenvalue weighted by atomic mass is 10.1. The van der Waals surface area contributed by atoms with Gasteiger partial charge in [-0.05, 0) is 49.2 Å². The Bertz CT molecular complexity index is 1110. The van der Waals surface area contributed by atoms with Gasteiger partial charge < -0.3 is 14.2 Å². The van der Waals surface area contributed by atoms with Crippen LogP contribution in [0.5, 0.6) is 11.6 Å². The molecule has 1 saturated heterocycles. The maximum atomic E-state index is 12.2. The maximum absolute atomic E-state index is 12.2. The second-order valence-corrected chi connectivity index (χ2v) is 9.09. The van der Waals surface area contributed by atoms with Crippen LogP contribution < -0.4 is 9.47 Å². The van der Waals surface area contributed by atoms with Gasteiger partial charge in [0, 0.05) is 18.0 Å². The lowest BCUT2D eigenvalue weighted by Crippen LogP contribution is -2.17. The Balaban J connectivity index is 1.43. The average molecular weight is 490 g/mol. The molecule has 0 aliphatic carbocycles. The summed E-state index contributed by atoms with van der Waals surface area (Å²) in [6.45, 7) is 4.90. The highest BCUT2D eigenvalue weighted by Gasteiger charge is 2.45. The quantitative estimate of drug-likeness (QED) is 0.112. The minimum atomic E-state index is -0.439. The van der Waals surface area contributed by atoms with Crippen molar-refractivity contribution < 1.29 is 19.0 Å². The van der Waals surface area contributed by atoms with Gasteiger partial charge in [-0.25, -0.2) is 9.78 Å². The van der Waals surface area contributed by atoms with E-state index >= 15 is 0 Å². The maximum Gasteiger partial charge on any atom is 0.343 e. The highest BCUT2D eigenvalue weighted by Crippen LogP contribution is 2.32. The predicted molar refractivity (Wildman–Crippen MR) is 139 cm³/mol. The van der Waals surface area contributed by atoms with Gasteiger partial charge in [-0.3, -0.25) is 9.97 Å². The molecule has 0 N–H and O–H groups in total. The summed E-state index contributed by atoms with van der Waals surface area (Å²) in [5.74, 6) is 0.702. The zero-order valence-corrected chi connectivity index (χ0v) is 21.2. The molecule has 3 aromatic rings. The lowest BCUT2D eigenvalue weighted by Gasteiger charge is -2.12. The minimum Gasteiger partial charge on any atom is -0.477 e. The topological polar surface area (TPSA) is 86.7 Å². The summed E-state index contributed by atoms with van der Waals surface area (Å²) >= 11 is 0. The van der Waals surface area contributed by atoms with Crippen LogP contribution in [0.15, 0.2) is 55.0 Å². The highest BCUT2D eigenvalue weighted by molar-refractivity contribution is 5.80. The van der Waals surface area contributed by atoms with Crippen LogP contribution in [0.25, 0.3) is 22.5 Å². The van der Waals surface area contributed by atoms with Crippen LogP contribution in [-0.2, 0) is 9.53 Å². The molecule has 1 fully saturated rings. The molecule has 2 atom stereocenters. The number of carbonyl (C=O) groups excluding carboxylic acids is 1. The molecule has 0 bridgehead atoms. The number of carbonyl (C=O) groups is 1. The van der Waals surface area contributed by atoms with Crippen LogP contribution in [0, 0.1) is 0 Å². The van der Waals surface area contributed by atoms with Gasteiger partial charge in [0.05, 0.1) is 35.9 Å². The summed E-state index contributed by atoms with van der Waals surface area (Å²) in [5.41, 5.74) is 3.21. The number of pyridine rings is 1. The summed E-state index contributed by atoms with van der Waals surface area (Å²) in [7, 11) is 0. The lowest BCUT2D eigenvalue weighted by molar-refractivity contribution is -0.135. The first-order chi connectivity index (χ1) is 17.7. The predicted octanol–water partition coefficient (Wildman–Crippen LogP) is 6.42. The molecule has 4 rings (SSSR count). The monoisotopic (exact) mass is 489 g/mol. The summed E-state index contributed by atoms with van der Waals surface area (Å²) in [6, 6.07) is 11.2. The van der Waals surface area contributed by atoms with Gasteiger partial charge in [0.2, 0.25) is 5.88 Å². The Hall–Kier alpha value is -3.32. The fourth-order valence-corrected chi connectivity index (χ4v) is 4.12. The van der Waals surface area contributed by atoms with E-state index in [9.17, 15) is 4.79 Å². The van der Waals surface area contributed by atoms with Crippen LogP contribution in [0.1, 0.15) is 65.2 Å². The van der Waals surface area contributed by atoms with Gasteiger partial charge in [-0.15, -0.1) is 0 Å². The molecule has 1 aliphatic heterocycles. The molecular weight excluding hydrogens is 454 g/mol. The van der Waals surface area contributed by atoms with Gasteiger partial charge in [0.1, 0.15) is 5.75 Å². The van der Waals surface area contributed by atoms with Crippen LogP contribution in [0.3, 0.4) is 0 Å². The molecule has 7 nitrogen and oxygen atoms in total. The third-order valence-electron chi connectivity index (χ3n) is 6.19. The zero-order chi connectivity index (χ0) is 25.2. The van der Waals surface area contributed by atoms with Crippen molar-refractivity contribution in [2.24, 2.45) is 0 Å². The molecule has 1 aromatic carbocycles. The normalized spacial score (nSPS) is 16.5. The van der Waals surface area contributed by atoms with Crippen molar-refractivity contribution in [1.29, 1.82) is 0 Å². The number of benzene rings is 1. The fourth-order valence-electron chi connectivity index (χ4n) is 4.12. The van der Waals surface area contributed by atoms with Crippen molar-refractivity contribution in [3.63, 3.8) is 0 Å². The third kappa shape index (κ3) is 7.10. The number of nitrogens with zero attached hydrogens (tertiary/aromatic N) is 3. The van der Waals surface area contributed by atoms with E-state index in [0.717, 1.165) is 48.2 Å². The molecule has 0 amide bonds. The van der Waals surface area contributed by atoms with Gasteiger partial charge in [-0.2, -0.15) is 0 Å². The largest absolute Gasteiger partial charge is 0.477 e. The first-order valence-electron chi connectivity index (χ1n) is 13.1. The summed E-state index contributed by atoms with van der Waals surface area (Å²) in [5, 5.41) is 0. The molecule has 1 aliphatic rings. The Morgan fingerprint density at radius 1 is 0.917 bits per heavy atom. The van der Waals surface area contributed by atoms with Crippen LogP contribution in [0.2, 0.25) is 0 Å². The van der Waals surface area contributed by atoms with Crippen molar-refractivity contribution in [1.82, 2.24) is 15.0 Å². The number of hydrogen-bond acceptors (Lipinski definition) is 7. The molecule has 7 heteroatoms. The number of epoxide rings is 1. The van der Waals surface area contributed by atoms with Gasteiger partial charge in [0.15, 0.2) is 6.10 Å². The van der Waals surface area contributed by atoms with E-state index in [0.29, 0.717) is 18.2 Å². The van der Waals surface area contributed by atoms with E-state index in [2.05, 4.69) is 23.8 Å². The molecule has 2 aromatic heterocycles. The van der Waals surface area contributed by atoms with E-state index in [1.807, 2.05) is 24.3 Å². The molecule has 36 heavy (non-hydrogen) atoms. The second kappa shape index (κ2) is 13.1. The smallest absolute Gasteiger partial charge is 0.343 e. The average Bonchev–Trinajstić information content (AvgIpc) is 3.69. The van der Waals surface area contributed by atoms with Crippen LogP contribution in [-0.4, -0.2) is 39.7 Å². The van der Waals surface area contributed by atoms with Crippen molar-refractivity contribution in [2.45, 2.75) is 77.4 Å². The van der Waals surface area contributed by atoms with Crippen molar-refractivity contribution >= 4 is 5.97 Å². The third-order valence-corrected chi connectivity index (χ3v) is 6.19. The minimum absolute atomic E-state index is 0.00597. The Morgan fingerprint density at radius 3 is 2.47 bits per heavy atom. The number of aromatic nitrogens is 3. The Labute approximate surface area is 213 Å². The van der Waals surface area contributed by atoms with Crippen molar-refractivity contribution in [3.05, 3.63) is 55.0 Å². The van der Waals surface area contributed by atoms with Crippen molar-refractivity contribution in [3.8, 4) is 34.1 Å². The van der Waals surface area contributed by atoms with Gasteiger partial charge >= 0.3 is 5.97 Å². The van der Waals surface area contributed by atoms with Crippen LogP contribution >= 0.6 is 0 Å². The van der Waals surface area contributed by atoms with E-state index in [1.54, 1.807) is 30.7 Å². The van der Waals surface area contributed by atoms with E-state index in [1.165, 1.54) is 25.7 Å². The molecule has 0 saturated carbocycles. The van der Waals surface area contributed by atoms with Gasteiger partial charge in [0.25, 0.3) is 0 Å². The second-order valence-electron chi connectivity index (χ2n) is 9.09. The summed E-state index contributed by atoms with van der Waals surface area (Å²) in [4.78, 5) is 25.7. The van der Waals surface area contributed by atoms with Crippen molar-refractivity contribution in [2.75, 3.05) is 6.61 Å².